The van der Waals surface area contributed by atoms with Crippen molar-refractivity contribution < 1.29 is 14.3 Å². The van der Waals surface area contributed by atoms with Crippen molar-refractivity contribution in [3.63, 3.8) is 0 Å². The van der Waals surface area contributed by atoms with E-state index in [9.17, 15) is 9.59 Å². The van der Waals surface area contributed by atoms with Gasteiger partial charge in [0.15, 0.2) is 6.10 Å². The van der Waals surface area contributed by atoms with Crippen LogP contribution in [0.5, 0.6) is 0 Å². The Morgan fingerprint density at radius 3 is 2.63 bits per heavy atom. The number of hydrogen-bond acceptors (Lipinski definition) is 4. The minimum atomic E-state index is -0.828. The highest BCUT2D eigenvalue weighted by Crippen LogP contribution is 2.04. The molecule has 0 aromatic heterocycles. The summed E-state index contributed by atoms with van der Waals surface area (Å²) in [6, 6.07) is 8.02. The first-order chi connectivity index (χ1) is 8.93. The summed E-state index contributed by atoms with van der Waals surface area (Å²) >= 11 is 0. The zero-order valence-electron chi connectivity index (χ0n) is 11.1. The lowest BCUT2D eigenvalue weighted by atomic mass is 10.1. The van der Waals surface area contributed by atoms with E-state index in [1.807, 2.05) is 13.0 Å². The molecule has 0 heterocycles. The Kier molecular flexibility index (Phi) is 5.07. The normalized spacial score (nSPS) is 12.9. The largest absolute Gasteiger partial charge is 0.446 e. The Bertz CT molecular complexity index is 520. The number of benzene rings is 1. The van der Waals surface area contributed by atoms with Crippen molar-refractivity contribution in [3.8, 4) is 6.07 Å². The lowest BCUT2D eigenvalue weighted by Crippen LogP contribution is -2.40. The summed E-state index contributed by atoms with van der Waals surface area (Å²) in [5.74, 6) is -0.979. The molecule has 5 heteroatoms. The quantitative estimate of drug-likeness (QED) is 0.833. The molecule has 0 aliphatic carbocycles. The van der Waals surface area contributed by atoms with E-state index < -0.39 is 18.1 Å². The van der Waals surface area contributed by atoms with Crippen LogP contribution in [-0.4, -0.2) is 24.0 Å². The number of carbonyl (C=O) groups excluding carboxylic acids is 2. The van der Waals surface area contributed by atoms with Gasteiger partial charge in [-0.3, -0.25) is 4.79 Å². The molecule has 19 heavy (non-hydrogen) atoms. The molecule has 1 amide bonds. The van der Waals surface area contributed by atoms with Gasteiger partial charge >= 0.3 is 5.97 Å². The number of nitriles is 1. The van der Waals surface area contributed by atoms with Crippen LogP contribution in [0.25, 0.3) is 0 Å². The molecule has 5 nitrogen and oxygen atoms in total. The van der Waals surface area contributed by atoms with Gasteiger partial charge < -0.3 is 10.1 Å². The zero-order valence-corrected chi connectivity index (χ0v) is 11.1. The van der Waals surface area contributed by atoms with Gasteiger partial charge in [-0.05, 0) is 32.9 Å². The second kappa shape index (κ2) is 6.55. The number of aryl methyl sites for hydroxylation is 1. The minimum Gasteiger partial charge on any atom is -0.446 e. The average molecular weight is 260 g/mol. The standard InChI is InChI=1S/C14H16N2O3/c1-9-5-4-6-12(7-9)13(17)16-11(3)14(18)19-10(2)8-15/h4-7,10-11H,1-3H3,(H,16,17)/t10-,11+/m1/s1. The van der Waals surface area contributed by atoms with Gasteiger partial charge in [-0.1, -0.05) is 17.7 Å². The zero-order chi connectivity index (χ0) is 14.4. The van der Waals surface area contributed by atoms with Gasteiger partial charge in [0.05, 0.1) is 0 Å². The summed E-state index contributed by atoms with van der Waals surface area (Å²) in [5.41, 5.74) is 1.44. The third-order valence-electron chi connectivity index (χ3n) is 2.46. The summed E-state index contributed by atoms with van der Waals surface area (Å²) in [4.78, 5) is 23.4. The van der Waals surface area contributed by atoms with Gasteiger partial charge in [0, 0.05) is 5.56 Å². The Balaban J connectivity index is 2.62. The van der Waals surface area contributed by atoms with Crippen LogP contribution in [0.4, 0.5) is 0 Å². The van der Waals surface area contributed by atoms with Gasteiger partial charge in [0.2, 0.25) is 0 Å². The Labute approximate surface area is 112 Å². The van der Waals surface area contributed by atoms with Crippen molar-refractivity contribution >= 4 is 11.9 Å². The lowest BCUT2D eigenvalue weighted by Gasteiger charge is -2.14. The van der Waals surface area contributed by atoms with Crippen LogP contribution in [0.15, 0.2) is 24.3 Å². The molecule has 0 saturated heterocycles. The third-order valence-corrected chi connectivity index (χ3v) is 2.46. The molecule has 0 spiro atoms. The maximum atomic E-state index is 11.9. The SMILES string of the molecule is Cc1cccc(C(=O)N[C@@H](C)C(=O)O[C@H](C)C#N)c1. The second-order valence-corrected chi connectivity index (χ2v) is 4.27. The molecule has 0 bridgehead atoms. The Hall–Kier alpha value is -2.35. The number of hydrogen-bond donors (Lipinski definition) is 1. The molecule has 0 radical (unpaired) electrons. The van der Waals surface area contributed by atoms with Crippen molar-refractivity contribution in [2.45, 2.75) is 32.9 Å². The monoisotopic (exact) mass is 260 g/mol. The first-order valence-corrected chi connectivity index (χ1v) is 5.91. The van der Waals surface area contributed by atoms with Crippen LogP contribution in [0.3, 0.4) is 0 Å². The maximum Gasteiger partial charge on any atom is 0.329 e. The Morgan fingerprint density at radius 2 is 2.05 bits per heavy atom. The van der Waals surface area contributed by atoms with E-state index in [1.165, 1.54) is 13.8 Å². The smallest absolute Gasteiger partial charge is 0.329 e. The fourth-order valence-corrected chi connectivity index (χ4v) is 1.43. The lowest BCUT2D eigenvalue weighted by molar-refractivity contribution is -0.147. The van der Waals surface area contributed by atoms with Crippen LogP contribution in [-0.2, 0) is 9.53 Å². The summed E-state index contributed by atoms with van der Waals surface area (Å²) in [7, 11) is 0. The highest BCUT2D eigenvalue weighted by Gasteiger charge is 2.19. The van der Waals surface area contributed by atoms with Gasteiger partial charge in [-0.25, -0.2) is 4.79 Å². The van der Waals surface area contributed by atoms with E-state index >= 15 is 0 Å². The molecular formula is C14H16N2O3. The number of rotatable bonds is 4. The van der Waals surface area contributed by atoms with Crippen LogP contribution in [0, 0.1) is 18.3 Å². The molecule has 1 N–H and O–H groups in total. The molecule has 2 atom stereocenters. The van der Waals surface area contributed by atoms with Crippen molar-refractivity contribution in [1.29, 1.82) is 5.26 Å². The molecule has 0 fully saturated rings. The van der Waals surface area contributed by atoms with Gasteiger partial charge in [-0.15, -0.1) is 0 Å². The fourth-order valence-electron chi connectivity index (χ4n) is 1.43. The van der Waals surface area contributed by atoms with E-state index in [0.717, 1.165) is 5.56 Å². The maximum absolute atomic E-state index is 11.9. The van der Waals surface area contributed by atoms with Crippen LogP contribution in [0.2, 0.25) is 0 Å². The number of ether oxygens (including phenoxy) is 1. The number of nitrogens with one attached hydrogen (secondary N) is 1. The highest BCUT2D eigenvalue weighted by atomic mass is 16.5. The molecular weight excluding hydrogens is 244 g/mol. The number of esters is 1. The molecule has 1 aromatic carbocycles. The molecule has 1 aromatic rings. The van der Waals surface area contributed by atoms with Gasteiger partial charge in [0.1, 0.15) is 12.1 Å². The van der Waals surface area contributed by atoms with Crippen molar-refractivity contribution in [2.75, 3.05) is 0 Å². The summed E-state index contributed by atoms with van der Waals surface area (Å²) < 4.78 is 4.81. The van der Waals surface area contributed by atoms with Crippen LogP contribution < -0.4 is 5.32 Å². The molecule has 1 rings (SSSR count). The summed E-state index contributed by atoms with van der Waals surface area (Å²) in [6.07, 6.45) is -0.828. The van der Waals surface area contributed by atoms with E-state index in [1.54, 1.807) is 24.3 Å². The van der Waals surface area contributed by atoms with Gasteiger partial charge in [0.25, 0.3) is 5.91 Å². The molecule has 0 unspecified atom stereocenters. The van der Waals surface area contributed by atoms with Gasteiger partial charge in [-0.2, -0.15) is 5.26 Å². The first-order valence-electron chi connectivity index (χ1n) is 5.91. The second-order valence-electron chi connectivity index (χ2n) is 4.27. The predicted octanol–water partition coefficient (Wildman–Crippen LogP) is 1.57. The van der Waals surface area contributed by atoms with Crippen molar-refractivity contribution in [1.82, 2.24) is 5.32 Å². The Morgan fingerprint density at radius 1 is 1.37 bits per heavy atom. The van der Waals surface area contributed by atoms with Crippen molar-refractivity contribution in [2.24, 2.45) is 0 Å². The summed E-state index contributed by atoms with van der Waals surface area (Å²) in [6.45, 7) is 4.86. The number of carbonyl (C=O) groups is 2. The molecule has 100 valence electrons. The molecule has 0 aliphatic heterocycles. The fraction of sp³-hybridized carbons (Fsp3) is 0.357. The number of nitrogens with zero attached hydrogens (tertiary/aromatic N) is 1. The number of amides is 1. The van der Waals surface area contributed by atoms with E-state index in [2.05, 4.69) is 5.32 Å². The minimum absolute atomic E-state index is 0.349. The third kappa shape index (κ3) is 4.43. The van der Waals surface area contributed by atoms with Crippen LogP contribution >= 0.6 is 0 Å². The van der Waals surface area contributed by atoms with E-state index in [-0.39, 0.29) is 5.91 Å². The predicted molar refractivity (Wildman–Crippen MR) is 69.3 cm³/mol. The topological polar surface area (TPSA) is 79.2 Å². The first kappa shape index (κ1) is 14.7. The molecule has 0 saturated carbocycles. The van der Waals surface area contributed by atoms with E-state index in [0.29, 0.717) is 5.56 Å². The van der Waals surface area contributed by atoms with Crippen LogP contribution in [0.1, 0.15) is 29.8 Å². The highest BCUT2D eigenvalue weighted by molar-refractivity contribution is 5.96. The molecule has 0 aliphatic rings. The van der Waals surface area contributed by atoms with Crippen molar-refractivity contribution in [3.05, 3.63) is 35.4 Å². The average Bonchev–Trinajstić information content (AvgIpc) is 2.38. The summed E-state index contributed by atoms with van der Waals surface area (Å²) in [5, 5.41) is 11.1. The van der Waals surface area contributed by atoms with E-state index in [4.69, 9.17) is 10.00 Å².